The van der Waals surface area contributed by atoms with E-state index in [-0.39, 0.29) is 5.82 Å². The number of pyridine rings is 3. The molecule has 1 aromatic carbocycles. The first kappa shape index (κ1) is 18.1. The molecule has 0 saturated carbocycles. The van der Waals surface area contributed by atoms with E-state index in [0.717, 1.165) is 33.2 Å². The van der Waals surface area contributed by atoms with Gasteiger partial charge in [-0.25, -0.2) is 9.37 Å². The molecule has 0 aliphatic heterocycles. The van der Waals surface area contributed by atoms with Gasteiger partial charge in [0, 0.05) is 35.1 Å². The molecule has 6 rings (SSSR count). The molecule has 0 atom stereocenters. The van der Waals surface area contributed by atoms with Crippen molar-refractivity contribution >= 4 is 27.6 Å². The van der Waals surface area contributed by atoms with Gasteiger partial charge in [0.1, 0.15) is 11.5 Å². The third-order valence-electron chi connectivity index (χ3n) is 5.26. The number of hydrogen-bond acceptors (Lipinski definition) is 6. The summed E-state index contributed by atoms with van der Waals surface area (Å²) in [6, 6.07) is 10.1. The molecule has 9 heteroatoms. The fourth-order valence-electron chi connectivity index (χ4n) is 3.77. The van der Waals surface area contributed by atoms with Crippen LogP contribution in [0, 0.1) is 5.82 Å². The Morgan fingerprint density at radius 3 is 2.66 bits per heavy atom. The molecule has 0 spiro atoms. The van der Waals surface area contributed by atoms with Crippen LogP contribution in [0.25, 0.3) is 55.8 Å². The maximum Gasteiger partial charge on any atom is 0.159 e. The number of aromatic amines is 2. The van der Waals surface area contributed by atoms with Gasteiger partial charge < -0.3 is 10.7 Å². The number of H-pyrrole nitrogens is 2. The van der Waals surface area contributed by atoms with E-state index in [2.05, 4.69) is 30.1 Å². The first-order chi connectivity index (χ1) is 15.7. The molecule has 0 radical (unpaired) electrons. The van der Waals surface area contributed by atoms with Crippen molar-refractivity contribution in [3.63, 3.8) is 0 Å². The quantitative estimate of drug-likeness (QED) is 0.390. The van der Waals surface area contributed by atoms with Crippen LogP contribution in [-0.4, -0.2) is 35.1 Å². The van der Waals surface area contributed by atoms with Gasteiger partial charge in [-0.05, 0) is 29.8 Å². The summed E-state index contributed by atoms with van der Waals surface area (Å²) in [5.74, 6) is 0.254. The van der Waals surface area contributed by atoms with Crippen LogP contribution in [-0.2, 0) is 0 Å². The zero-order valence-electron chi connectivity index (χ0n) is 16.5. The van der Waals surface area contributed by atoms with Gasteiger partial charge in [-0.2, -0.15) is 5.10 Å². The minimum absolute atomic E-state index is 0.315. The minimum Gasteiger partial charge on any atom is -0.397 e. The summed E-state index contributed by atoms with van der Waals surface area (Å²) in [7, 11) is 0. The molecular weight excluding hydrogens is 407 g/mol. The highest BCUT2D eigenvalue weighted by Crippen LogP contribution is 2.32. The summed E-state index contributed by atoms with van der Waals surface area (Å²) in [5, 5.41) is 8.29. The first-order valence-electron chi connectivity index (χ1n) is 9.81. The second-order valence-corrected chi connectivity index (χ2v) is 7.37. The molecule has 5 aromatic heterocycles. The van der Waals surface area contributed by atoms with Gasteiger partial charge in [0.15, 0.2) is 5.82 Å². The van der Waals surface area contributed by atoms with E-state index in [1.54, 1.807) is 37.1 Å². The number of nitrogens with zero attached hydrogens (tertiary/aromatic N) is 5. The number of nitrogen functional groups attached to an aromatic ring is 1. The van der Waals surface area contributed by atoms with Crippen molar-refractivity contribution in [1.29, 1.82) is 0 Å². The molecule has 0 bridgehead atoms. The largest absolute Gasteiger partial charge is 0.397 e. The van der Waals surface area contributed by atoms with E-state index >= 15 is 0 Å². The number of aromatic nitrogens is 7. The number of hydrogen-bond donors (Lipinski definition) is 3. The van der Waals surface area contributed by atoms with E-state index in [4.69, 9.17) is 10.7 Å². The SMILES string of the molecule is Nc1cncc(-c2cc3c(-c4nc5c(-c6cccc(F)c6)cncc5[nH]4)n[nH]c3cn2)c1. The van der Waals surface area contributed by atoms with Crippen molar-refractivity contribution in [1.82, 2.24) is 35.1 Å². The first-order valence-corrected chi connectivity index (χ1v) is 9.81. The van der Waals surface area contributed by atoms with E-state index < -0.39 is 0 Å². The number of benzene rings is 1. The summed E-state index contributed by atoms with van der Waals surface area (Å²) in [5.41, 5.74) is 12.2. The Kier molecular flexibility index (Phi) is 3.94. The molecule has 6 aromatic rings. The molecule has 5 heterocycles. The standard InChI is InChI=1S/C23H15FN8/c24-14-3-1-2-12(4-14)17-9-27-10-20-21(17)30-23(29-20)22-16-6-18(28-11-19(16)31-32-22)13-5-15(25)8-26-7-13/h1-11H,25H2,(H,29,30)(H,31,32). The van der Waals surface area contributed by atoms with E-state index in [1.165, 1.54) is 12.1 Å². The molecule has 0 unspecified atom stereocenters. The number of imidazole rings is 1. The van der Waals surface area contributed by atoms with Gasteiger partial charge in [0.2, 0.25) is 0 Å². The van der Waals surface area contributed by atoms with Crippen LogP contribution in [0.3, 0.4) is 0 Å². The van der Waals surface area contributed by atoms with E-state index in [1.807, 2.05) is 18.2 Å². The van der Waals surface area contributed by atoms with Crippen LogP contribution in [0.2, 0.25) is 0 Å². The Labute approximate surface area is 180 Å². The number of nitrogens with two attached hydrogens (primary N) is 1. The number of nitrogens with one attached hydrogen (secondary N) is 2. The predicted octanol–water partition coefficient (Wildman–Crippen LogP) is 4.35. The zero-order valence-corrected chi connectivity index (χ0v) is 16.5. The van der Waals surface area contributed by atoms with Crippen molar-refractivity contribution in [2.75, 3.05) is 5.73 Å². The lowest BCUT2D eigenvalue weighted by atomic mass is 10.1. The lowest BCUT2D eigenvalue weighted by molar-refractivity contribution is 0.628. The Morgan fingerprint density at radius 1 is 0.875 bits per heavy atom. The minimum atomic E-state index is -0.315. The number of anilines is 1. The van der Waals surface area contributed by atoms with Crippen molar-refractivity contribution in [2.24, 2.45) is 0 Å². The highest BCUT2D eigenvalue weighted by atomic mass is 19.1. The van der Waals surface area contributed by atoms with Gasteiger partial charge in [-0.3, -0.25) is 20.1 Å². The lowest BCUT2D eigenvalue weighted by Gasteiger charge is -2.02. The molecule has 154 valence electrons. The topological polar surface area (TPSA) is 122 Å². The average molecular weight is 422 g/mol. The average Bonchev–Trinajstić information content (AvgIpc) is 3.42. The number of fused-ring (bicyclic) bond motifs is 2. The highest BCUT2D eigenvalue weighted by molar-refractivity contribution is 5.97. The van der Waals surface area contributed by atoms with Crippen molar-refractivity contribution in [3.8, 4) is 33.9 Å². The molecule has 8 nitrogen and oxygen atoms in total. The summed E-state index contributed by atoms with van der Waals surface area (Å²) < 4.78 is 13.8. The highest BCUT2D eigenvalue weighted by Gasteiger charge is 2.16. The van der Waals surface area contributed by atoms with Gasteiger partial charge in [-0.1, -0.05) is 12.1 Å². The molecule has 32 heavy (non-hydrogen) atoms. The Morgan fingerprint density at radius 2 is 1.78 bits per heavy atom. The van der Waals surface area contributed by atoms with E-state index in [0.29, 0.717) is 28.3 Å². The Balaban J connectivity index is 1.51. The van der Waals surface area contributed by atoms with E-state index in [9.17, 15) is 4.39 Å². The van der Waals surface area contributed by atoms with Gasteiger partial charge >= 0.3 is 0 Å². The maximum atomic E-state index is 13.8. The normalized spacial score (nSPS) is 11.4. The molecule has 0 amide bonds. The molecule has 0 aliphatic rings. The smallest absolute Gasteiger partial charge is 0.159 e. The van der Waals surface area contributed by atoms with Crippen LogP contribution < -0.4 is 5.73 Å². The molecule has 0 saturated heterocycles. The third kappa shape index (κ3) is 2.95. The van der Waals surface area contributed by atoms with Gasteiger partial charge in [0.05, 0.1) is 40.3 Å². The fourth-order valence-corrected chi connectivity index (χ4v) is 3.77. The summed E-state index contributed by atoms with van der Waals surface area (Å²) in [6.07, 6.45) is 8.38. The summed E-state index contributed by atoms with van der Waals surface area (Å²) in [4.78, 5) is 21.0. The Bertz CT molecular complexity index is 1620. The van der Waals surface area contributed by atoms with Crippen LogP contribution in [0.5, 0.6) is 0 Å². The lowest BCUT2D eigenvalue weighted by Crippen LogP contribution is -1.90. The molecule has 4 N–H and O–H groups in total. The molecule has 0 fully saturated rings. The number of rotatable bonds is 3. The maximum absolute atomic E-state index is 13.8. The number of halogens is 1. The molecule has 0 aliphatic carbocycles. The third-order valence-corrected chi connectivity index (χ3v) is 5.26. The van der Waals surface area contributed by atoms with Crippen molar-refractivity contribution in [3.05, 3.63) is 73.2 Å². The van der Waals surface area contributed by atoms with Crippen LogP contribution in [0.1, 0.15) is 0 Å². The monoisotopic (exact) mass is 422 g/mol. The summed E-state index contributed by atoms with van der Waals surface area (Å²) >= 11 is 0. The van der Waals surface area contributed by atoms with Crippen molar-refractivity contribution < 1.29 is 4.39 Å². The second-order valence-electron chi connectivity index (χ2n) is 7.37. The van der Waals surface area contributed by atoms with Crippen LogP contribution in [0.15, 0.2) is 67.4 Å². The zero-order chi connectivity index (χ0) is 21.7. The van der Waals surface area contributed by atoms with Gasteiger partial charge in [0.25, 0.3) is 0 Å². The second kappa shape index (κ2) is 6.95. The van der Waals surface area contributed by atoms with Crippen LogP contribution >= 0.6 is 0 Å². The Hall–Kier alpha value is -4.66. The summed E-state index contributed by atoms with van der Waals surface area (Å²) in [6.45, 7) is 0. The van der Waals surface area contributed by atoms with Crippen LogP contribution in [0.4, 0.5) is 10.1 Å². The molecular formula is C23H15FN8. The predicted molar refractivity (Wildman–Crippen MR) is 120 cm³/mol. The van der Waals surface area contributed by atoms with Crippen molar-refractivity contribution in [2.45, 2.75) is 0 Å². The van der Waals surface area contributed by atoms with Gasteiger partial charge in [-0.15, -0.1) is 0 Å². The fraction of sp³-hybridized carbons (Fsp3) is 0.